The van der Waals surface area contributed by atoms with Crippen LogP contribution in [0, 0.1) is 5.92 Å². The number of benzene rings is 1. The first-order valence-electron chi connectivity index (χ1n) is 11.4. The highest BCUT2D eigenvalue weighted by Gasteiger charge is 2.62. The van der Waals surface area contributed by atoms with Crippen molar-refractivity contribution in [3.63, 3.8) is 0 Å². The molecule has 8 unspecified atom stereocenters. The van der Waals surface area contributed by atoms with E-state index >= 15 is 0 Å². The van der Waals surface area contributed by atoms with Crippen LogP contribution in [0.4, 0.5) is 0 Å². The zero-order valence-corrected chi connectivity index (χ0v) is 18.7. The van der Waals surface area contributed by atoms with Gasteiger partial charge in [-0.25, -0.2) is 4.79 Å². The summed E-state index contributed by atoms with van der Waals surface area (Å²) in [7, 11) is 3.71. The average Bonchev–Trinajstić information content (AvgIpc) is 3.17. The molecule has 10 nitrogen and oxygen atoms in total. The van der Waals surface area contributed by atoms with Crippen LogP contribution in [0.2, 0.25) is 0 Å². The number of rotatable bonds is 4. The van der Waals surface area contributed by atoms with Gasteiger partial charge in [-0.2, -0.15) is 0 Å². The van der Waals surface area contributed by atoms with Crippen LogP contribution in [0.15, 0.2) is 35.8 Å². The van der Waals surface area contributed by atoms with Gasteiger partial charge in [-0.1, -0.05) is 12.1 Å². The van der Waals surface area contributed by atoms with E-state index in [1.165, 1.54) is 5.56 Å². The van der Waals surface area contributed by atoms with Crippen molar-refractivity contribution in [1.29, 1.82) is 0 Å². The summed E-state index contributed by atoms with van der Waals surface area (Å²) in [5, 5.41) is 40.1. The first kappa shape index (κ1) is 21.9. The Labute approximate surface area is 195 Å². The predicted molar refractivity (Wildman–Crippen MR) is 115 cm³/mol. The van der Waals surface area contributed by atoms with Crippen molar-refractivity contribution in [2.75, 3.05) is 20.7 Å². The molecule has 2 fully saturated rings. The van der Waals surface area contributed by atoms with Crippen LogP contribution in [0.5, 0.6) is 11.5 Å². The van der Waals surface area contributed by atoms with Crippen LogP contribution >= 0.6 is 0 Å². The van der Waals surface area contributed by atoms with Gasteiger partial charge in [0.25, 0.3) is 0 Å². The molecule has 0 aromatic heterocycles. The van der Waals surface area contributed by atoms with E-state index in [9.17, 15) is 25.2 Å². The van der Waals surface area contributed by atoms with E-state index in [0.29, 0.717) is 23.0 Å². The molecule has 182 valence electrons. The molecule has 0 saturated carbocycles. The van der Waals surface area contributed by atoms with E-state index in [-0.39, 0.29) is 12.0 Å². The number of ether oxygens (including phenoxy) is 4. The van der Waals surface area contributed by atoms with Crippen LogP contribution in [0.25, 0.3) is 0 Å². The number of allylic oxidation sites excluding steroid dienone is 2. The summed E-state index contributed by atoms with van der Waals surface area (Å²) < 4.78 is 23.4. The summed E-state index contributed by atoms with van der Waals surface area (Å²) in [5.41, 5.74) is 1.79. The number of carboxylic acid groups (broad SMARTS) is 1. The zero-order valence-electron chi connectivity index (χ0n) is 18.7. The lowest BCUT2D eigenvalue weighted by Crippen LogP contribution is -2.61. The number of piperidine rings is 1. The lowest BCUT2D eigenvalue weighted by atomic mass is 9.55. The first-order valence-corrected chi connectivity index (χ1v) is 11.4. The van der Waals surface area contributed by atoms with Gasteiger partial charge in [0.15, 0.2) is 29.1 Å². The van der Waals surface area contributed by atoms with Crippen molar-refractivity contribution in [3.8, 4) is 11.5 Å². The molecule has 4 N–H and O–H groups in total. The molecular formula is C24H27NO9. The predicted octanol–water partition coefficient (Wildman–Crippen LogP) is -0.108. The van der Waals surface area contributed by atoms with E-state index in [1.54, 1.807) is 13.2 Å². The molecule has 3 aliphatic heterocycles. The molecular weight excluding hydrogens is 446 g/mol. The van der Waals surface area contributed by atoms with Gasteiger partial charge in [0.1, 0.15) is 18.3 Å². The second kappa shape index (κ2) is 7.43. The van der Waals surface area contributed by atoms with Crippen LogP contribution in [-0.2, 0) is 26.1 Å². The van der Waals surface area contributed by atoms with Gasteiger partial charge < -0.3 is 44.3 Å². The van der Waals surface area contributed by atoms with Crippen molar-refractivity contribution in [3.05, 3.63) is 46.9 Å². The molecule has 34 heavy (non-hydrogen) atoms. The number of aliphatic hydroxyl groups excluding tert-OH is 3. The third-order valence-electron chi connectivity index (χ3n) is 8.06. The highest BCUT2D eigenvalue weighted by molar-refractivity contribution is 5.73. The molecule has 6 rings (SSSR count). The number of carbonyl (C=O) groups is 1. The van der Waals surface area contributed by atoms with E-state index in [4.69, 9.17) is 18.9 Å². The maximum Gasteiger partial charge on any atom is 0.335 e. The Kier molecular flexibility index (Phi) is 4.78. The van der Waals surface area contributed by atoms with E-state index in [0.717, 1.165) is 24.9 Å². The third-order valence-corrected chi connectivity index (χ3v) is 8.06. The van der Waals surface area contributed by atoms with Gasteiger partial charge in [-0.3, -0.25) is 0 Å². The van der Waals surface area contributed by atoms with Gasteiger partial charge in [-0.15, -0.1) is 0 Å². The number of likely N-dealkylation sites (N-methyl/N-ethyl adjacent to an activating group) is 1. The van der Waals surface area contributed by atoms with Gasteiger partial charge >= 0.3 is 5.97 Å². The topological polar surface area (TPSA) is 138 Å². The molecule has 3 heterocycles. The van der Waals surface area contributed by atoms with Crippen molar-refractivity contribution >= 4 is 5.97 Å². The number of hydrogen-bond donors (Lipinski definition) is 4. The van der Waals surface area contributed by atoms with Gasteiger partial charge in [-0.05, 0) is 44.1 Å². The minimum Gasteiger partial charge on any atom is -0.493 e. The molecule has 1 spiro atoms. The number of methoxy groups -OCH3 is 1. The molecule has 2 saturated heterocycles. The zero-order chi connectivity index (χ0) is 23.9. The monoisotopic (exact) mass is 473 g/mol. The highest BCUT2D eigenvalue weighted by Crippen LogP contribution is 2.64. The standard InChI is InChI=1S/C24H27NO9/c1-25-8-7-24-11-4-6-14(32-23-18(28)16(26)17(27)20(34-23)22(29)30)21(24)33-19-13(31-2)5-3-10(15(19)24)9-12(11)25/h3-6,11-12,16-18,20,23,26-28H,7-9H2,1-2H3,(H,29,30). The molecule has 2 bridgehead atoms. The number of nitrogens with zero attached hydrogens (tertiary/aromatic N) is 1. The molecule has 8 atom stereocenters. The van der Waals surface area contributed by atoms with Gasteiger partial charge in [0.2, 0.25) is 6.29 Å². The summed E-state index contributed by atoms with van der Waals surface area (Å²) in [5.74, 6) is 0.794. The normalized spacial score (nSPS) is 40.0. The van der Waals surface area contributed by atoms with Crippen LogP contribution in [0.1, 0.15) is 17.5 Å². The largest absolute Gasteiger partial charge is 0.493 e. The van der Waals surface area contributed by atoms with Crippen LogP contribution < -0.4 is 9.47 Å². The Bertz CT molecular complexity index is 1120. The quantitative estimate of drug-likeness (QED) is 0.469. The summed E-state index contributed by atoms with van der Waals surface area (Å²) in [6.45, 7) is 0.847. The number of aliphatic carboxylic acids is 1. The van der Waals surface area contributed by atoms with E-state index in [1.807, 2.05) is 6.07 Å². The fourth-order valence-electron chi connectivity index (χ4n) is 6.38. The molecule has 0 amide bonds. The summed E-state index contributed by atoms with van der Waals surface area (Å²) >= 11 is 0. The minimum atomic E-state index is -1.79. The van der Waals surface area contributed by atoms with Crippen molar-refractivity contribution in [2.45, 2.75) is 55.0 Å². The number of aliphatic hydroxyl groups is 3. The molecule has 5 aliphatic rings. The summed E-state index contributed by atoms with van der Waals surface area (Å²) in [6.07, 6.45) is -2.97. The third kappa shape index (κ3) is 2.71. The number of likely N-dealkylation sites (tertiary alicyclic amines) is 1. The first-order chi connectivity index (χ1) is 16.3. The average molecular weight is 473 g/mol. The van der Waals surface area contributed by atoms with Gasteiger partial charge in [0, 0.05) is 17.5 Å². The lowest BCUT2D eigenvalue weighted by Gasteiger charge is -2.54. The smallest absolute Gasteiger partial charge is 0.335 e. The number of carboxylic acids is 1. The maximum atomic E-state index is 11.5. The Morgan fingerprint density at radius 1 is 1.21 bits per heavy atom. The molecule has 1 aromatic rings. The van der Waals surface area contributed by atoms with Crippen molar-refractivity contribution < 1.29 is 44.2 Å². The Morgan fingerprint density at radius 2 is 2.00 bits per heavy atom. The Morgan fingerprint density at radius 3 is 2.74 bits per heavy atom. The molecule has 1 aromatic carbocycles. The fraction of sp³-hybridized carbons (Fsp3) is 0.542. The Hall–Kier alpha value is -2.63. The Balaban J connectivity index is 1.45. The van der Waals surface area contributed by atoms with Crippen molar-refractivity contribution in [2.24, 2.45) is 5.92 Å². The summed E-state index contributed by atoms with van der Waals surface area (Å²) in [6, 6.07) is 4.24. The summed E-state index contributed by atoms with van der Waals surface area (Å²) in [4.78, 5) is 13.9. The van der Waals surface area contributed by atoms with Crippen molar-refractivity contribution in [1.82, 2.24) is 4.90 Å². The molecule has 2 aliphatic carbocycles. The van der Waals surface area contributed by atoms with Gasteiger partial charge in [0.05, 0.1) is 12.5 Å². The SMILES string of the molecule is COc1ccc2c3c1OC1=C(OC4OC(C(=O)O)C(O)C(O)C4O)C=CC4C(C2)N(C)CCC134. The molecule has 0 radical (unpaired) electrons. The minimum absolute atomic E-state index is 0.130. The van der Waals surface area contributed by atoms with Crippen LogP contribution in [0.3, 0.4) is 0 Å². The lowest BCUT2D eigenvalue weighted by molar-refractivity contribution is -0.284. The second-order valence-corrected chi connectivity index (χ2v) is 9.64. The van der Waals surface area contributed by atoms with Crippen LogP contribution in [-0.4, -0.2) is 88.7 Å². The maximum absolute atomic E-state index is 11.5. The fourth-order valence-corrected chi connectivity index (χ4v) is 6.38. The van der Waals surface area contributed by atoms with E-state index in [2.05, 4.69) is 24.1 Å². The number of hydrogen-bond acceptors (Lipinski definition) is 9. The molecule has 10 heteroatoms. The van der Waals surface area contributed by atoms with E-state index < -0.39 is 42.1 Å². The second-order valence-electron chi connectivity index (χ2n) is 9.64. The highest BCUT2D eigenvalue weighted by atomic mass is 16.7.